The number of aliphatic hydroxyl groups is 1. The minimum atomic E-state index is -0.0133. The highest BCUT2D eigenvalue weighted by Crippen LogP contribution is 2.05. The molecule has 0 unspecified atom stereocenters. The van der Waals surface area contributed by atoms with Crippen molar-refractivity contribution in [3.63, 3.8) is 0 Å². The lowest BCUT2D eigenvalue weighted by molar-refractivity contribution is -0.115. The lowest BCUT2D eigenvalue weighted by Crippen LogP contribution is -1.99. The molecule has 0 aromatic carbocycles. The largest absolute Gasteiger partial charge is 0.508 e. The predicted octanol–water partition coefficient (Wildman–Crippen LogP) is 2.37. The summed E-state index contributed by atoms with van der Waals surface area (Å²) in [5, 5.41) is 9.19. The van der Waals surface area contributed by atoms with Crippen molar-refractivity contribution in [1.29, 1.82) is 0 Å². The summed E-state index contributed by atoms with van der Waals surface area (Å²) in [6, 6.07) is 0. The smallest absolute Gasteiger partial charge is 0.161 e. The van der Waals surface area contributed by atoms with Gasteiger partial charge >= 0.3 is 0 Å². The van der Waals surface area contributed by atoms with Crippen LogP contribution in [0.1, 0.15) is 27.2 Å². The SMILES string of the molecule is C/C=C/C(O)=C(/C)C(=O)CC. The average molecular weight is 154 g/mol. The molecule has 0 aromatic heterocycles. The molecular formula is C9H14O2. The molecule has 0 rings (SSSR count). The first-order chi connectivity index (χ1) is 5.13. The van der Waals surface area contributed by atoms with Crippen molar-refractivity contribution in [1.82, 2.24) is 0 Å². The van der Waals surface area contributed by atoms with E-state index in [1.807, 2.05) is 0 Å². The average Bonchev–Trinajstić information content (AvgIpc) is 2.02. The van der Waals surface area contributed by atoms with Crippen molar-refractivity contribution in [3.05, 3.63) is 23.5 Å². The molecule has 0 heterocycles. The van der Waals surface area contributed by atoms with Crippen LogP contribution in [0.25, 0.3) is 0 Å². The van der Waals surface area contributed by atoms with E-state index in [0.29, 0.717) is 12.0 Å². The predicted molar refractivity (Wildman–Crippen MR) is 45.4 cm³/mol. The molecule has 0 saturated carbocycles. The highest BCUT2D eigenvalue weighted by Gasteiger charge is 2.04. The molecule has 0 bridgehead atoms. The molecule has 0 amide bonds. The van der Waals surface area contributed by atoms with Gasteiger partial charge in [-0.2, -0.15) is 0 Å². The van der Waals surface area contributed by atoms with Crippen LogP contribution >= 0.6 is 0 Å². The Bertz CT molecular complexity index is 200. The van der Waals surface area contributed by atoms with Crippen LogP contribution < -0.4 is 0 Å². The number of carbonyl (C=O) groups excluding carboxylic acids is 1. The fraction of sp³-hybridized carbons (Fsp3) is 0.444. The first kappa shape index (κ1) is 9.95. The second-order valence-corrected chi connectivity index (χ2v) is 2.29. The molecule has 1 N–H and O–H groups in total. The molecule has 0 saturated heterocycles. The van der Waals surface area contributed by atoms with Crippen LogP contribution in [-0.4, -0.2) is 10.9 Å². The van der Waals surface area contributed by atoms with E-state index in [9.17, 15) is 9.90 Å². The fourth-order valence-electron chi connectivity index (χ4n) is 0.691. The quantitative estimate of drug-likeness (QED) is 0.385. The highest BCUT2D eigenvalue weighted by molar-refractivity contribution is 5.95. The molecule has 0 aliphatic heterocycles. The van der Waals surface area contributed by atoms with Gasteiger partial charge in [0.25, 0.3) is 0 Å². The Labute approximate surface area is 67.2 Å². The van der Waals surface area contributed by atoms with Crippen LogP contribution in [0, 0.1) is 0 Å². The molecule has 11 heavy (non-hydrogen) atoms. The van der Waals surface area contributed by atoms with E-state index < -0.39 is 0 Å². The second-order valence-electron chi connectivity index (χ2n) is 2.29. The van der Waals surface area contributed by atoms with Gasteiger partial charge in [-0.1, -0.05) is 13.0 Å². The topological polar surface area (TPSA) is 37.3 Å². The first-order valence-corrected chi connectivity index (χ1v) is 3.69. The van der Waals surface area contributed by atoms with E-state index >= 15 is 0 Å². The van der Waals surface area contributed by atoms with Gasteiger partial charge in [0.15, 0.2) is 5.78 Å². The second kappa shape index (κ2) is 4.72. The van der Waals surface area contributed by atoms with Crippen LogP contribution in [0.3, 0.4) is 0 Å². The van der Waals surface area contributed by atoms with Crippen LogP contribution in [-0.2, 0) is 4.79 Å². The van der Waals surface area contributed by atoms with Gasteiger partial charge in [-0.25, -0.2) is 0 Å². The van der Waals surface area contributed by atoms with Crippen molar-refractivity contribution in [2.45, 2.75) is 27.2 Å². The number of carbonyl (C=O) groups is 1. The van der Waals surface area contributed by atoms with E-state index in [-0.39, 0.29) is 11.5 Å². The number of hydrogen-bond acceptors (Lipinski definition) is 2. The number of Topliss-reactive ketones (excluding diaryl/α,β-unsaturated/α-hetero) is 1. The van der Waals surface area contributed by atoms with Crippen LogP contribution in [0.15, 0.2) is 23.5 Å². The number of rotatable bonds is 3. The van der Waals surface area contributed by atoms with E-state index in [2.05, 4.69) is 0 Å². The van der Waals surface area contributed by atoms with Gasteiger partial charge in [0.05, 0.1) is 0 Å². The van der Waals surface area contributed by atoms with E-state index in [4.69, 9.17) is 0 Å². The third kappa shape index (κ3) is 3.03. The Morgan fingerprint density at radius 3 is 2.45 bits per heavy atom. The fourth-order valence-corrected chi connectivity index (χ4v) is 0.691. The number of aliphatic hydroxyl groups excluding tert-OH is 1. The summed E-state index contributed by atoms with van der Waals surface area (Å²) in [5.41, 5.74) is 0.436. The normalized spacial score (nSPS) is 13.4. The molecule has 0 radical (unpaired) electrons. The lowest BCUT2D eigenvalue weighted by atomic mass is 10.1. The molecule has 0 aliphatic rings. The summed E-state index contributed by atoms with van der Waals surface area (Å²) in [7, 11) is 0. The molecule has 2 nitrogen and oxygen atoms in total. The minimum Gasteiger partial charge on any atom is -0.508 e. The van der Waals surface area contributed by atoms with Crippen molar-refractivity contribution in [2.24, 2.45) is 0 Å². The Balaban J connectivity index is 4.51. The van der Waals surface area contributed by atoms with E-state index in [1.165, 1.54) is 6.08 Å². The van der Waals surface area contributed by atoms with Crippen molar-refractivity contribution >= 4 is 5.78 Å². The zero-order valence-corrected chi connectivity index (χ0v) is 7.22. The van der Waals surface area contributed by atoms with Crippen molar-refractivity contribution in [2.75, 3.05) is 0 Å². The lowest BCUT2D eigenvalue weighted by Gasteiger charge is -1.98. The third-order valence-corrected chi connectivity index (χ3v) is 1.45. The molecule has 0 aliphatic carbocycles. The van der Waals surface area contributed by atoms with Gasteiger partial charge in [0.1, 0.15) is 5.76 Å². The number of allylic oxidation sites excluding steroid dienone is 3. The summed E-state index contributed by atoms with van der Waals surface area (Å²) < 4.78 is 0. The molecule has 0 aromatic rings. The third-order valence-electron chi connectivity index (χ3n) is 1.45. The van der Waals surface area contributed by atoms with Gasteiger partial charge < -0.3 is 5.11 Å². The Hall–Kier alpha value is -1.05. The Morgan fingerprint density at radius 2 is 2.09 bits per heavy atom. The van der Waals surface area contributed by atoms with Gasteiger partial charge in [0, 0.05) is 12.0 Å². The molecule has 0 fully saturated rings. The van der Waals surface area contributed by atoms with Crippen LogP contribution in [0.4, 0.5) is 0 Å². The molecular weight excluding hydrogens is 140 g/mol. The maximum atomic E-state index is 11.0. The summed E-state index contributed by atoms with van der Waals surface area (Å²) in [4.78, 5) is 11.0. The maximum Gasteiger partial charge on any atom is 0.161 e. The van der Waals surface area contributed by atoms with Gasteiger partial charge in [0.2, 0.25) is 0 Å². The minimum absolute atomic E-state index is 0.0133. The highest BCUT2D eigenvalue weighted by atomic mass is 16.3. The van der Waals surface area contributed by atoms with Gasteiger partial charge in [-0.05, 0) is 19.9 Å². The maximum absolute atomic E-state index is 11.0. The zero-order chi connectivity index (χ0) is 8.85. The summed E-state index contributed by atoms with van der Waals surface area (Å²) >= 11 is 0. The summed E-state index contributed by atoms with van der Waals surface area (Å²) in [6.45, 7) is 5.19. The number of ketones is 1. The molecule has 62 valence electrons. The van der Waals surface area contributed by atoms with Crippen LogP contribution in [0.2, 0.25) is 0 Å². The van der Waals surface area contributed by atoms with Crippen molar-refractivity contribution < 1.29 is 9.90 Å². The summed E-state index contributed by atoms with van der Waals surface area (Å²) in [6.07, 6.45) is 3.65. The van der Waals surface area contributed by atoms with Crippen molar-refractivity contribution in [3.8, 4) is 0 Å². The Morgan fingerprint density at radius 1 is 1.55 bits per heavy atom. The summed E-state index contributed by atoms with van der Waals surface area (Å²) in [5.74, 6) is 0.0555. The van der Waals surface area contributed by atoms with Crippen LogP contribution in [0.5, 0.6) is 0 Å². The Kier molecular flexibility index (Phi) is 4.27. The first-order valence-electron chi connectivity index (χ1n) is 3.69. The standard InChI is InChI=1S/C9H14O2/c1-4-6-9(11)7(3)8(10)5-2/h4,6,11H,5H2,1-3H3/b6-4+,9-7+. The van der Waals surface area contributed by atoms with Gasteiger partial charge in [-0.15, -0.1) is 0 Å². The monoisotopic (exact) mass is 154 g/mol. The zero-order valence-electron chi connectivity index (χ0n) is 7.22. The molecule has 0 atom stereocenters. The van der Waals surface area contributed by atoms with Gasteiger partial charge in [-0.3, -0.25) is 4.79 Å². The molecule has 0 spiro atoms. The van der Waals surface area contributed by atoms with E-state index in [1.54, 1.807) is 26.8 Å². The van der Waals surface area contributed by atoms with E-state index in [0.717, 1.165) is 0 Å². The molecule has 2 heteroatoms. The number of hydrogen-bond donors (Lipinski definition) is 1.